The van der Waals surface area contributed by atoms with Gasteiger partial charge in [0.05, 0.1) is 15.8 Å². The Morgan fingerprint density at radius 2 is 1.82 bits per heavy atom. The zero-order chi connectivity index (χ0) is 24.1. The molecule has 0 fully saturated rings. The topological polar surface area (TPSA) is 100 Å². The maximum Gasteiger partial charge on any atom is 0.293 e. The van der Waals surface area contributed by atoms with Crippen molar-refractivity contribution in [3.8, 4) is 5.75 Å². The first-order valence-corrected chi connectivity index (χ1v) is 11.4. The van der Waals surface area contributed by atoms with Crippen LogP contribution >= 0.6 is 0 Å². The molecule has 3 aromatic carbocycles. The van der Waals surface area contributed by atoms with Crippen LogP contribution in [0.3, 0.4) is 0 Å². The van der Waals surface area contributed by atoms with Gasteiger partial charge in [0.15, 0.2) is 5.43 Å². The molecule has 8 nitrogen and oxygen atoms in total. The lowest BCUT2D eigenvalue weighted by Crippen LogP contribution is -2.28. The van der Waals surface area contributed by atoms with E-state index in [4.69, 9.17) is 4.74 Å². The number of H-pyrrole nitrogens is 1. The van der Waals surface area contributed by atoms with Gasteiger partial charge in [-0.1, -0.05) is 44.2 Å². The standard InChI is InChI=1S/C26H28N4O4/c1-3-29(4-2)15-14-27-21-12-13-23(30(32)33)25-24(21)26(31)20-11-10-19(16-22(20)28-25)34-17-18-8-6-5-7-9-18/h5-13,16,27H,3-4,14-15,17H2,1-2H3,(H,28,31). The summed E-state index contributed by atoms with van der Waals surface area (Å²) in [5.41, 5.74) is 1.90. The number of ether oxygens (including phenoxy) is 1. The highest BCUT2D eigenvalue weighted by molar-refractivity contribution is 6.03. The molecule has 4 aromatic rings. The number of anilines is 1. The molecule has 0 amide bonds. The molecular weight excluding hydrogens is 432 g/mol. The average Bonchev–Trinajstić information content (AvgIpc) is 2.85. The second-order valence-corrected chi connectivity index (χ2v) is 8.03. The molecule has 1 aromatic heterocycles. The monoisotopic (exact) mass is 460 g/mol. The van der Waals surface area contributed by atoms with Crippen LogP contribution in [0.1, 0.15) is 19.4 Å². The van der Waals surface area contributed by atoms with Crippen molar-refractivity contribution in [2.75, 3.05) is 31.5 Å². The molecule has 0 radical (unpaired) electrons. The van der Waals surface area contributed by atoms with E-state index in [1.54, 1.807) is 24.3 Å². The molecule has 0 bridgehead atoms. The highest BCUT2D eigenvalue weighted by Crippen LogP contribution is 2.30. The van der Waals surface area contributed by atoms with Gasteiger partial charge < -0.3 is 19.9 Å². The lowest BCUT2D eigenvalue weighted by molar-refractivity contribution is -0.383. The van der Waals surface area contributed by atoms with Gasteiger partial charge in [0, 0.05) is 36.3 Å². The Balaban J connectivity index is 1.72. The van der Waals surface area contributed by atoms with Gasteiger partial charge in [-0.25, -0.2) is 0 Å². The fraction of sp³-hybridized carbons (Fsp3) is 0.269. The Hall–Kier alpha value is -3.91. The predicted octanol–water partition coefficient (Wildman–Crippen LogP) is 4.92. The van der Waals surface area contributed by atoms with Gasteiger partial charge in [-0.05, 0) is 36.9 Å². The van der Waals surface area contributed by atoms with E-state index in [0.29, 0.717) is 40.9 Å². The molecule has 2 N–H and O–H groups in total. The molecule has 0 aliphatic carbocycles. The summed E-state index contributed by atoms with van der Waals surface area (Å²) >= 11 is 0. The third-order valence-corrected chi connectivity index (χ3v) is 5.99. The minimum absolute atomic E-state index is 0.140. The summed E-state index contributed by atoms with van der Waals surface area (Å²) in [6, 6.07) is 18.0. The number of aromatic amines is 1. The van der Waals surface area contributed by atoms with Crippen LogP contribution in [0, 0.1) is 10.1 Å². The fourth-order valence-corrected chi connectivity index (χ4v) is 4.07. The summed E-state index contributed by atoms with van der Waals surface area (Å²) < 4.78 is 5.88. The molecule has 176 valence electrons. The van der Waals surface area contributed by atoms with Gasteiger partial charge in [0.2, 0.25) is 0 Å². The van der Waals surface area contributed by atoms with E-state index < -0.39 is 4.92 Å². The van der Waals surface area contributed by atoms with Crippen LogP contribution in [-0.4, -0.2) is 41.0 Å². The number of fused-ring (bicyclic) bond motifs is 2. The molecule has 34 heavy (non-hydrogen) atoms. The Morgan fingerprint density at radius 1 is 1.06 bits per heavy atom. The number of non-ortho nitro benzene ring substituents is 1. The van der Waals surface area contributed by atoms with Gasteiger partial charge in [0.1, 0.15) is 17.9 Å². The van der Waals surface area contributed by atoms with Crippen molar-refractivity contribution in [2.24, 2.45) is 0 Å². The fourth-order valence-electron chi connectivity index (χ4n) is 4.07. The molecule has 0 spiro atoms. The van der Waals surface area contributed by atoms with Gasteiger partial charge in [-0.15, -0.1) is 0 Å². The van der Waals surface area contributed by atoms with E-state index in [2.05, 4.69) is 29.0 Å². The lowest BCUT2D eigenvalue weighted by atomic mass is 10.1. The van der Waals surface area contributed by atoms with Crippen LogP contribution in [0.4, 0.5) is 11.4 Å². The molecule has 0 atom stereocenters. The van der Waals surface area contributed by atoms with Crippen LogP contribution in [0.15, 0.2) is 65.5 Å². The SMILES string of the molecule is CCN(CC)CCNc1ccc([N+](=O)[O-])c2[nH]c3cc(OCc4ccccc4)ccc3c(=O)c12. The number of hydrogen-bond acceptors (Lipinski definition) is 6. The number of nitro groups is 1. The van der Waals surface area contributed by atoms with Crippen molar-refractivity contribution < 1.29 is 9.66 Å². The second kappa shape index (κ2) is 10.4. The van der Waals surface area contributed by atoms with Gasteiger partial charge in [-0.3, -0.25) is 14.9 Å². The van der Waals surface area contributed by atoms with E-state index >= 15 is 0 Å². The summed E-state index contributed by atoms with van der Waals surface area (Å²) in [5, 5.41) is 15.8. The molecular formula is C26H28N4O4. The first-order chi connectivity index (χ1) is 16.5. The van der Waals surface area contributed by atoms with E-state index in [0.717, 1.165) is 25.2 Å². The van der Waals surface area contributed by atoms with E-state index in [-0.39, 0.29) is 16.6 Å². The third-order valence-electron chi connectivity index (χ3n) is 5.99. The average molecular weight is 461 g/mol. The van der Waals surface area contributed by atoms with Crippen molar-refractivity contribution >= 4 is 33.2 Å². The molecule has 0 saturated carbocycles. The summed E-state index contributed by atoms with van der Waals surface area (Å²) in [7, 11) is 0. The number of nitro benzene ring substituents is 1. The Bertz CT molecular complexity index is 1360. The molecule has 8 heteroatoms. The smallest absolute Gasteiger partial charge is 0.293 e. The number of nitrogens with zero attached hydrogens (tertiary/aromatic N) is 2. The van der Waals surface area contributed by atoms with Crippen LogP contribution < -0.4 is 15.5 Å². The number of aromatic nitrogens is 1. The summed E-state index contributed by atoms with van der Waals surface area (Å²) in [6.07, 6.45) is 0. The number of rotatable bonds is 10. The molecule has 0 saturated heterocycles. The third kappa shape index (κ3) is 4.87. The molecule has 4 rings (SSSR count). The first-order valence-electron chi connectivity index (χ1n) is 11.4. The summed E-state index contributed by atoms with van der Waals surface area (Å²) in [5.74, 6) is 0.572. The number of hydrogen-bond donors (Lipinski definition) is 2. The molecule has 0 aliphatic heterocycles. The maximum absolute atomic E-state index is 13.4. The first kappa shape index (κ1) is 23.3. The number of likely N-dealkylation sites (N-methyl/N-ethyl adjacent to an activating group) is 1. The lowest BCUT2D eigenvalue weighted by Gasteiger charge is -2.19. The van der Waals surface area contributed by atoms with Gasteiger partial charge >= 0.3 is 0 Å². The zero-order valence-corrected chi connectivity index (χ0v) is 19.3. The van der Waals surface area contributed by atoms with Crippen LogP contribution in [-0.2, 0) is 6.61 Å². The minimum atomic E-state index is -0.473. The van der Waals surface area contributed by atoms with Gasteiger partial charge in [-0.2, -0.15) is 0 Å². The van der Waals surface area contributed by atoms with Crippen molar-refractivity contribution in [3.05, 3.63) is 86.6 Å². The molecule has 0 aliphatic rings. The molecule has 1 heterocycles. The highest BCUT2D eigenvalue weighted by Gasteiger charge is 2.19. The van der Waals surface area contributed by atoms with Crippen molar-refractivity contribution in [2.45, 2.75) is 20.5 Å². The summed E-state index contributed by atoms with van der Waals surface area (Å²) in [4.78, 5) is 30.1. The summed E-state index contributed by atoms with van der Waals surface area (Å²) in [6.45, 7) is 7.86. The van der Waals surface area contributed by atoms with Crippen molar-refractivity contribution in [1.82, 2.24) is 9.88 Å². The Morgan fingerprint density at radius 3 is 2.53 bits per heavy atom. The Kier molecular flexibility index (Phi) is 7.08. The minimum Gasteiger partial charge on any atom is -0.489 e. The van der Waals surface area contributed by atoms with Gasteiger partial charge in [0.25, 0.3) is 5.69 Å². The zero-order valence-electron chi connectivity index (χ0n) is 19.3. The number of nitrogens with one attached hydrogen (secondary N) is 2. The van der Waals surface area contributed by atoms with E-state index in [1.807, 2.05) is 30.3 Å². The second-order valence-electron chi connectivity index (χ2n) is 8.03. The largest absolute Gasteiger partial charge is 0.489 e. The quantitative estimate of drug-likeness (QED) is 0.198. The normalized spacial score (nSPS) is 11.3. The Labute approximate surface area is 197 Å². The van der Waals surface area contributed by atoms with Crippen molar-refractivity contribution in [3.63, 3.8) is 0 Å². The van der Waals surface area contributed by atoms with E-state index in [9.17, 15) is 14.9 Å². The van der Waals surface area contributed by atoms with Crippen LogP contribution in [0.5, 0.6) is 5.75 Å². The maximum atomic E-state index is 13.4. The van der Waals surface area contributed by atoms with E-state index in [1.165, 1.54) is 6.07 Å². The molecule has 0 unspecified atom stereocenters. The predicted molar refractivity (Wildman–Crippen MR) is 136 cm³/mol. The van der Waals surface area contributed by atoms with Crippen LogP contribution in [0.25, 0.3) is 21.8 Å². The number of benzene rings is 3. The number of pyridine rings is 1. The highest BCUT2D eigenvalue weighted by atomic mass is 16.6. The van der Waals surface area contributed by atoms with Crippen molar-refractivity contribution in [1.29, 1.82) is 0 Å². The van der Waals surface area contributed by atoms with Crippen LogP contribution in [0.2, 0.25) is 0 Å².